The molecule has 0 saturated heterocycles. The number of hydrogen-bond donors (Lipinski definition) is 0. The zero-order valence-electron chi connectivity index (χ0n) is 20.2. The molecule has 184 valence electrons. The van der Waals surface area contributed by atoms with Crippen LogP contribution in [0, 0.1) is 20.8 Å². The van der Waals surface area contributed by atoms with Crippen molar-refractivity contribution in [3.05, 3.63) is 91.9 Å². The van der Waals surface area contributed by atoms with E-state index in [0.717, 1.165) is 33.3 Å². The predicted octanol–water partition coefficient (Wildman–Crippen LogP) is 6.20. The first-order chi connectivity index (χ1) is 16.5. The van der Waals surface area contributed by atoms with Gasteiger partial charge in [0.1, 0.15) is 0 Å². The maximum Gasteiger partial charge on any atom is 0.244 e. The summed E-state index contributed by atoms with van der Waals surface area (Å²) in [6.07, 6.45) is 0.723. The fraction of sp³-hybridized carbons (Fsp3) is 0.296. The lowest BCUT2D eigenvalue weighted by molar-refractivity contribution is -0.119. The third-order valence-corrected chi connectivity index (χ3v) is 9.16. The number of rotatable bonds is 6. The fourth-order valence-corrected chi connectivity index (χ4v) is 7.25. The zero-order valence-corrected chi connectivity index (χ0v) is 23.3. The van der Waals surface area contributed by atoms with E-state index in [2.05, 4.69) is 15.9 Å². The van der Waals surface area contributed by atoms with Gasteiger partial charge < -0.3 is 4.90 Å². The number of amides is 1. The highest BCUT2D eigenvalue weighted by Gasteiger charge is 2.35. The van der Waals surface area contributed by atoms with Crippen molar-refractivity contribution >= 4 is 49.1 Å². The normalized spacial score (nSPS) is 15.5. The number of carbonyl (C=O) groups excluding carboxylic acids is 1. The lowest BCUT2D eigenvalue weighted by Crippen LogP contribution is -2.45. The molecule has 8 heteroatoms. The van der Waals surface area contributed by atoms with Crippen molar-refractivity contribution in [2.45, 2.75) is 51.6 Å². The van der Waals surface area contributed by atoms with E-state index in [1.807, 2.05) is 44.2 Å². The highest BCUT2D eigenvalue weighted by molar-refractivity contribution is 9.10. The molecule has 0 aliphatic carbocycles. The molecule has 0 N–H and O–H groups in total. The van der Waals surface area contributed by atoms with Gasteiger partial charge in [0.2, 0.25) is 15.9 Å². The summed E-state index contributed by atoms with van der Waals surface area (Å²) in [5.41, 5.74) is 4.98. The van der Waals surface area contributed by atoms with Crippen molar-refractivity contribution in [2.75, 3.05) is 11.4 Å². The lowest BCUT2D eigenvalue weighted by Gasteiger charge is -2.28. The second-order valence-corrected chi connectivity index (χ2v) is 12.4. The molecule has 0 unspecified atom stereocenters. The summed E-state index contributed by atoms with van der Waals surface area (Å²) in [7, 11) is -3.97. The first-order valence-corrected chi connectivity index (χ1v) is 14.0. The van der Waals surface area contributed by atoms with Crippen LogP contribution in [0.25, 0.3) is 0 Å². The molecular weight excluding hydrogens is 548 g/mol. The van der Waals surface area contributed by atoms with Gasteiger partial charge in [0, 0.05) is 27.8 Å². The molecule has 0 aromatic heterocycles. The summed E-state index contributed by atoms with van der Waals surface area (Å²) in [6.45, 7) is 7.32. The van der Waals surface area contributed by atoms with E-state index in [0.29, 0.717) is 16.1 Å². The number of sulfonamides is 1. The van der Waals surface area contributed by atoms with Gasteiger partial charge in [0.15, 0.2) is 0 Å². The number of halogens is 2. The van der Waals surface area contributed by atoms with Crippen molar-refractivity contribution in [1.82, 2.24) is 4.31 Å². The summed E-state index contributed by atoms with van der Waals surface area (Å²) in [4.78, 5) is 15.6. The Morgan fingerprint density at radius 2 is 1.69 bits per heavy atom. The third kappa shape index (κ3) is 5.33. The minimum Gasteiger partial charge on any atom is -0.308 e. The van der Waals surface area contributed by atoms with Crippen molar-refractivity contribution in [3.63, 3.8) is 0 Å². The Bertz CT molecular complexity index is 1370. The van der Waals surface area contributed by atoms with Gasteiger partial charge >= 0.3 is 0 Å². The van der Waals surface area contributed by atoms with Crippen LogP contribution in [0.5, 0.6) is 0 Å². The Balaban J connectivity index is 1.73. The Kier molecular flexibility index (Phi) is 7.44. The molecule has 1 aliphatic heterocycles. The summed E-state index contributed by atoms with van der Waals surface area (Å²) in [5.74, 6) is -0.251. The Morgan fingerprint density at radius 3 is 2.31 bits per heavy atom. The van der Waals surface area contributed by atoms with Crippen LogP contribution >= 0.6 is 27.5 Å². The smallest absolute Gasteiger partial charge is 0.244 e. The molecule has 1 atom stereocenters. The van der Waals surface area contributed by atoms with Crippen molar-refractivity contribution in [3.8, 4) is 0 Å². The first-order valence-electron chi connectivity index (χ1n) is 11.4. The maximum atomic E-state index is 14.0. The summed E-state index contributed by atoms with van der Waals surface area (Å²) in [6, 6.07) is 16.5. The number of benzene rings is 3. The van der Waals surface area contributed by atoms with Crippen molar-refractivity contribution in [1.29, 1.82) is 0 Å². The second kappa shape index (κ2) is 10.1. The van der Waals surface area contributed by atoms with Gasteiger partial charge in [0.25, 0.3) is 0 Å². The second-order valence-electron chi connectivity index (χ2n) is 9.22. The van der Waals surface area contributed by atoms with Gasteiger partial charge in [-0.15, -0.1) is 0 Å². The molecule has 1 aliphatic rings. The lowest BCUT2D eigenvalue weighted by atomic mass is 10.1. The Hall–Kier alpha value is -2.19. The molecule has 1 heterocycles. The van der Waals surface area contributed by atoms with E-state index in [4.69, 9.17) is 11.6 Å². The first kappa shape index (κ1) is 25.9. The van der Waals surface area contributed by atoms with Crippen LogP contribution < -0.4 is 4.90 Å². The molecule has 0 radical (unpaired) electrons. The summed E-state index contributed by atoms with van der Waals surface area (Å²) >= 11 is 9.53. The highest BCUT2D eigenvalue weighted by Crippen LogP contribution is 2.35. The molecule has 4 rings (SSSR count). The topological polar surface area (TPSA) is 57.7 Å². The Labute approximate surface area is 220 Å². The molecular formula is C27H28BrClN2O3S. The summed E-state index contributed by atoms with van der Waals surface area (Å²) < 4.78 is 30.2. The van der Waals surface area contributed by atoms with Crippen LogP contribution in [0.3, 0.4) is 0 Å². The average Bonchev–Trinajstić information content (AvgIpc) is 3.08. The molecule has 0 spiro atoms. The highest BCUT2D eigenvalue weighted by atomic mass is 79.9. The number of nitrogens with zero attached hydrogens (tertiary/aromatic N) is 2. The van der Waals surface area contributed by atoms with Gasteiger partial charge in [-0.25, -0.2) is 8.42 Å². The number of aryl methyl sites for hydroxylation is 3. The molecule has 0 bridgehead atoms. The van der Waals surface area contributed by atoms with Crippen LogP contribution in [0.2, 0.25) is 5.02 Å². The van der Waals surface area contributed by atoms with E-state index in [1.54, 1.807) is 43.0 Å². The minimum atomic E-state index is -3.97. The monoisotopic (exact) mass is 574 g/mol. The van der Waals surface area contributed by atoms with E-state index < -0.39 is 10.0 Å². The van der Waals surface area contributed by atoms with E-state index in [1.165, 1.54) is 4.31 Å². The third-order valence-electron chi connectivity index (χ3n) is 6.31. The molecule has 0 fully saturated rings. The average molecular weight is 576 g/mol. The predicted molar refractivity (Wildman–Crippen MR) is 144 cm³/mol. The quantitative estimate of drug-likeness (QED) is 0.352. The van der Waals surface area contributed by atoms with Gasteiger partial charge in [-0.05, 0) is 86.7 Å². The SMILES string of the molecule is Cc1cc(C)c(S(=O)(=O)N(CC(=O)N2c3ccc(Br)cc3C[C@H]2C)Cc2ccc(Cl)cc2)c(C)c1. The minimum absolute atomic E-state index is 0.0604. The van der Waals surface area contributed by atoms with E-state index >= 15 is 0 Å². The van der Waals surface area contributed by atoms with Gasteiger partial charge in [-0.3, -0.25) is 4.79 Å². The number of hydrogen-bond acceptors (Lipinski definition) is 3. The van der Waals surface area contributed by atoms with Gasteiger partial charge in [-0.2, -0.15) is 4.31 Å². The van der Waals surface area contributed by atoms with Crippen molar-refractivity contribution < 1.29 is 13.2 Å². The number of anilines is 1. The van der Waals surface area contributed by atoms with Crippen LogP contribution in [0.15, 0.2) is 64.0 Å². The molecule has 5 nitrogen and oxygen atoms in total. The number of carbonyl (C=O) groups is 1. The molecule has 3 aromatic rings. The standard InChI is InChI=1S/C27H28BrClN2O3S/c1-17-11-18(2)27(19(3)12-17)35(33,34)30(15-21-5-8-24(29)9-6-21)16-26(32)31-20(4)13-22-14-23(28)7-10-25(22)31/h5-12,14,20H,13,15-16H2,1-4H3/t20-/m1/s1. The van der Waals surface area contributed by atoms with Gasteiger partial charge in [-0.1, -0.05) is 57.4 Å². The molecule has 0 saturated carbocycles. The van der Waals surface area contributed by atoms with Crippen LogP contribution in [-0.4, -0.2) is 31.2 Å². The van der Waals surface area contributed by atoms with Crippen LogP contribution in [0.4, 0.5) is 5.69 Å². The van der Waals surface area contributed by atoms with Gasteiger partial charge in [0.05, 0.1) is 11.4 Å². The molecule has 35 heavy (non-hydrogen) atoms. The fourth-order valence-electron chi connectivity index (χ4n) is 4.93. The maximum absolute atomic E-state index is 14.0. The van der Waals surface area contributed by atoms with E-state index in [9.17, 15) is 13.2 Å². The zero-order chi connectivity index (χ0) is 25.5. The number of fused-ring (bicyclic) bond motifs is 1. The molecule has 1 amide bonds. The molecule has 3 aromatic carbocycles. The largest absolute Gasteiger partial charge is 0.308 e. The van der Waals surface area contributed by atoms with Crippen LogP contribution in [-0.2, 0) is 27.8 Å². The Morgan fingerprint density at radius 1 is 1.06 bits per heavy atom. The van der Waals surface area contributed by atoms with Crippen LogP contribution in [0.1, 0.15) is 34.7 Å². The van der Waals surface area contributed by atoms with E-state index in [-0.39, 0.29) is 29.9 Å². The summed E-state index contributed by atoms with van der Waals surface area (Å²) in [5, 5.41) is 0.568. The van der Waals surface area contributed by atoms with Crippen molar-refractivity contribution in [2.24, 2.45) is 0 Å².